The summed E-state index contributed by atoms with van der Waals surface area (Å²) >= 11 is 1.91. The minimum Gasteiger partial charge on any atom is -0.368 e. The molecule has 4 heteroatoms. The average molecular weight is 305 g/mol. The van der Waals surface area contributed by atoms with Crippen LogP contribution in [0.2, 0.25) is 0 Å². The molecule has 2 N–H and O–H groups in total. The number of hydrogen-bond donors (Lipinski definition) is 1. The molecule has 2 heterocycles. The molecule has 0 saturated carbocycles. The predicted octanol–water partition coefficient (Wildman–Crippen LogP) is 2.93. The highest BCUT2D eigenvalue weighted by Gasteiger charge is 2.29. The highest BCUT2D eigenvalue weighted by molar-refractivity contribution is 7.99. The van der Waals surface area contributed by atoms with Crippen molar-refractivity contribution in [1.29, 1.82) is 0 Å². The van der Waals surface area contributed by atoms with Crippen LogP contribution >= 0.6 is 11.8 Å². The van der Waals surface area contributed by atoms with Gasteiger partial charge >= 0.3 is 0 Å². The fourth-order valence-corrected chi connectivity index (χ4v) is 4.57. The summed E-state index contributed by atoms with van der Waals surface area (Å²) in [5.41, 5.74) is 8.79. The van der Waals surface area contributed by atoms with Gasteiger partial charge in [0.25, 0.3) is 0 Å². The van der Waals surface area contributed by atoms with E-state index in [1.807, 2.05) is 11.8 Å². The third-order valence-electron chi connectivity index (χ3n) is 4.79. The number of rotatable bonds is 4. The molecule has 116 valence electrons. The second-order valence-corrected chi connectivity index (χ2v) is 7.33. The molecule has 0 radical (unpaired) electrons. The molecule has 1 atom stereocenters. The number of piperazine rings is 1. The molecule has 0 spiro atoms. The fraction of sp³-hybridized carbons (Fsp3) is 0.647. The molecule has 2 aliphatic rings. The van der Waals surface area contributed by atoms with Crippen LogP contribution in [0.25, 0.3) is 0 Å². The predicted molar refractivity (Wildman–Crippen MR) is 92.2 cm³/mol. The zero-order valence-electron chi connectivity index (χ0n) is 13.1. The van der Waals surface area contributed by atoms with Gasteiger partial charge in [-0.3, -0.25) is 4.90 Å². The van der Waals surface area contributed by atoms with Gasteiger partial charge in [-0.25, -0.2) is 0 Å². The van der Waals surface area contributed by atoms with Crippen LogP contribution < -0.4 is 10.6 Å². The summed E-state index contributed by atoms with van der Waals surface area (Å²) in [5, 5.41) is 0. The first-order valence-electron chi connectivity index (χ1n) is 8.27. The van der Waals surface area contributed by atoms with E-state index in [1.165, 1.54) is 55.0 Å². The highest BCUT2D eigenvalue weighted by Crippen LogP contribution is 2.32. The number of fused-ring (bicyclic) bond motifs is 1. The molecule has 3 nitrogen and oxygen atoms in total. The van der Waals surface area contributed by atoms with Gasteiger partial charge in [-0.1, -0.05) is 19.4 Å². The molecular formula is C17H27N3S. The summed E-state index contributed by atoms with van der Waals surface area (Å²) in [5.74, 6) is 1.10. The van der Waals surface area contributed by atoms with Gasteiger partial charge in [-0.2, -0.15) is 0 Å². The van der Waals surface area contributed by atoms with E-state index < -0.39 is 0 Å². The van der Waals surface area contributed by atoms with E-state index in [9.17, 15) is 0 Å². The Bertz CT molecular complexity index is 477. The van der Waals surface area contributed by atoms with Crippen LogP contribution in [0.1, 0.15) is 31.7 Å². The number of thioether (sulfide) groups is 1. The third-order valence-corrected chi connectivity index (χ3v) is 5.77. The number of piperidine rings is 1. The van der Waals surface area contributed by atoms with E-state index in [4.69, 9.17) is 5.73 Å². The lowest BCUT2D eigenvalue weighted by atomic mass is 9.98. The van der Waals surface area contributed by atoms with E-state index in [2.05, 4.69) is 34.9 Å². The van der Waals surface area contributed by atoms with E-state index in [-0.39, 0.29) is 0 Å². The van der Waals surface area contributed by atoms with E-state index >= 15 is 0 Å². The topological polar surface area (TPSA) is 32.5 Å². The van der Waals surface area contributed by atoms with Crippen molar-refractivity contribution >= 4 is 17.4 Å². The number of benzene rings is 1. The number of anilines is 1. The molecule has 2 saturated heterocycles. The summed E-state index contributed by atoms with van der Waals surface area (Å²) in [6.07, 6.45) is 4.13. The Hall–Kier alpha value is -0.710. The number of nitrogens with zero attached hydrogens (tertiary/aromatic N) is 2. The molecular weight excluding hydrogens is 278 g/mol. The van der Waals surface area contributed by atoms with E-state index in [0.717, 1.165) is 18.3 Å². The SMILES string of the molecule is CCSc1cccc(N2CCN3CCCCC3C2)c1CN. The molecule has 0 bridgehead atoms. The summed E-state index contributed by atoms with van der Waals surface area (Å²) in [6.45, 7) is 7.67. The van der Waals surface area contributed by atoms with Gasteiger partial charge in [0.15, 0.2) is 0 Å². The Labute approximate surface area is 132 Å². The minimum atomic E-state index is 0.642. The minimum absolute atomic E-state index is 0.642. The first-order chi connectivity index (χ1) is 10.3. The molecule has 1 aromatic rings. The smallest absolute Gasteiger partial charge is 0.0424 e. The fourth-order valence-electron chi connectivity index (χ4n) is 3.72. The lowest BCUT2D eigenvalue weighted by Crippen LogP contribution is -2.55. The van der Waals surface area contributed by atoms with Crippen LogP contribution in [0.3, 0.4) is 0 Å². The van der Waals surface area contributed by atoms with Crippen molar-refractivity contribution in [1.82, 2.24) is 4.90 Å². The van der Waals surface area contributed by atoms with Crippen molar-refractivity contribution < 1.29 is 0 Å². The van der Waals surface area contributed by atoms with Crippen LogP contribution in [0.4, 0.5) is 5.69 Å². The molecule has 2 aliphatic heterocycles. The monoisotopic (exact) mass is 305 g/mol. The molecule has 3 rings (SSSR count). The van der Waals surface area contributed by atoms with Crippen molar-refractivity contribution in [2.24, 2.45) is 5.73 Å². The summed E-state index contributed by atoms with van der Waals surface area (Å²) in [4.78, 5) is 6.63. The average Bonchev–Trinajstić information content (AvgIpc) is 2.54. The summed E-state index contributed by atoms with van der Waals surface area (Å²) < 4.78 is 0. The highest BCUT2D eigenvalue weighted by atomic mass is 32.2. The Balaban J connectivity index is 1.81. The molecule has 0 aromatic heterocycles. The maximum absolute atomic E-state index is 6.07. The molecule has 1 aromatic carbocycles. The first-order valence-corrected chi connectivity index (χ1v) is 9.25. The Morgan fingerprint density at radius 3 is 2.95 bits per heavy atom. The van der Waals surface area contributed by atoms with E-state index in [0.29, 0.717) is 6.54 Å². The zero-order chi connectivity index (χ0) is 14.7. The molecule has 21 heavy (non-hydrogen) atoms. The van der Waals surface area contributed by atoms with Crippen LogP contribution in [0.15, 0.2) is 23.1 Å². The van der Waals surface area contributed by atoms with Gasteiger partial charge in [-0.15, -0.1) is 11.8 Å². The maximum atomic E-state index is 6.07. The van der Waals surface area contributed by atoms with Gasteiger partial charge in [0, 0.05) is 48.4 Å². The standard InChI is InChI=1S/C17H27N3S/c1-2-21-17-8-5-7-16(15(17)12-18)20-11-10-19-9-4-3-6-14(19)13-20/h5,7-8,14H,2-4,6,9-13,18H2,1H3. The Morgan fingerprint density at radius 1 is 1.24 bits per heavy atom. The van der Waals surface area contributed by atoms with E-state index in [1.54, 1.807) is 0 Å². The van der Waals surface area contributed by atoms with Crippen molar-refractivity contribution in [3.05, 3.63) is 23.8 Å². The van der Waals surface area contributed by atoms with Crippen LogP contribution in [0, 0.1) is 0 Å². The molecule has 1 unspecified atom stereocenters. The summed E-state index contributed by atoms with van der Waals surface area (Å²) in [7, 11) is 0. The van der Waals surface area contributed by atoms with Gasteiger partial charge in [0.05, 0.1) is 0 Å². The maximum Gasteiger partial charge on any atom is 0.0424 e. The molecule has 0 aliphatic carbocycles. The largest absolute Gasteiger partial charge is 0.368 e. The van der Waals surface area contributed by atoms with Crippen molar-refractivity contribution in [3.8, 4) is 0 Å². The third kappa shape index (κ3) is 3.22. The quantitative estimate of drug-likeness (QED) is 0.867. The second kappa shape index (κ2) is 7.03. The van der Waals surface area contributed by atoms with Gasteiger partial charge in [0.2, 0.25) is 0 Å². The van der Waals surface area contributed by atoms with Gasteiger partial charge in [0.1, 0.15) is 0 Å². The van der Waals surface area contributed by atoms with Crippen LogP contribution in [-0.4, -0.2) is 42.9 Å². The van der Waals surface area contributed by atoms with Crippen LogP contribution in [0.5, 0.6) is 0 Å². The molecule has 2 fully saturated rings. The Kier molecular flexibility index (Phi) is 5.09. The number of nitrogens with two attached hydrogens (primary N) is 1. The van der Waals surface area contributed by atoms with Crippen molar-refractivity contribution in [2.75, 3.05) is 36.8 Å². The zero-order valence-corrected chi connectivity index (χ0v) is 13.9. The first kappa shape index (κ1) is 15.2. The lowest BCUT2D eigenvalue weighted by Gasteiger charge is -2.45. The number of hydrogen-bond acceptors (Lipinski definition) is 4. The van der Waals surface area contributed by atoms with Gasteiger partial charge < -0.3 is 10.6 Å². The normalized spacial score (nSPS) is 23.1. The Morgan fingerprint density at radius 2 is 2.14 bits per heavy atom. The summed E-state index contributed by atoms with van der Waals surface area (Å²) in [6, 6.07) is 7.43. The van der Waals surface area contributed by atoms with Crippen LogP contribution in [-0.2, 0) is 6.54 Å². The second-order valence-electron chi connectivity index (χ2n) is 6.02. The lowest BCUT2D eigenvalue weighted by molar-refractivity contribution is 0.133. The van der Waals surface area contributed by atoms with Crippen molar-refractivity contribution in [2.45, 2.75) is 43.7 Å². The molecule has 0 amide bonds. The van der Waals surface area contributed by atoms with Crippen molar-refractivity contribution in [3.63, 3.8) is 0 Å². The van der Waals surface area contributed by atoms with Gasteiger partial charge in [-0.05, 0) is 37.3 Å².